The number of likely N-dealkylation sites (N-methyl/N-ethyl adjacent to an activating group) is 1. The van der Waals surface area contributed by atoms with Gasteiger partial charge in [-0.05, 0) is 19.1 Å². The third-order valence-electron chi connectivity index (χ3n) is 5.84. The van der Waals surface area contributed by atoms with Gasteiger partial charge in [-0.3, -0.25) is 0 Å². The average Bonchev–Trinajstić information content (AvgIpc) is 3.49. The van der Waals surface area contributed by atoms with Crippen LogP contribution in [0.4, 0.5) is 0 Å². The smallest absolute Gasteiger partial charge is 0.235 e. The summed E-state index contributed by atoms with van der Waals surface area (Å²) < 4.78 is 6.94. The minimum absolute atomic E-state index is 0.0789. The molecule has 1 aliphatic rings. The Balaban J connectivity index is 1.54. The van der Waals surface area contributed by atoms with Crippen molar-refractivity contribution in [2.45, 2.75) is 13.0 Å². The molecule has 1 atom stereocenters. The Morgan fingerprint density at radius 3 is 2.59 bits per heavy atom. The normalized spacial score (nSPS) is 20.9. The number of hydrogen-bond acceptors (Lipinski definition) is 5. The van der Waals surface area contributed by atoms with Gasteiger partial charge in [-0.15, -0.1) is 5.10 Å². The Labute approximate surface area is 172 Å². The molecule has 150 valence electrons. The predicted molar refractivity (Wildman–Crippen MR) is 110 cm³/mol. The maximum Gasteiger partial charge on any atom is 0.235 e. The van der Waals surface area contributed by atoms with Gasteiger partial charge in [0.2, 0.25) is 16.7 Å². The molecular formula is C21H25N5O2S+2. The highest BCUT2D eigenvalue weighted by molar-refractivity contribution is 7.17. The number of aromatic hydroxyl groups is 1. The van der Waals surface area contributed by atoms with E-state index in [0.717, 1.165) is 31.1 Å². The number of piperazine rings is 1. The van der Waals surface area contributed by atoms with Gasteiger partial charge >= 0.3 is 0 Å². The van der Waals surface area contributed by atoms with Crippen LogP contribution in [0.15, 0.2) is 53.1 Å². The quantitative estimate of drug-likeness (QED) is 0.451. The van der Waals surface area contributed by atoms with Crippen LogP contribution in [0.5, 0.6) is 5.88 Å². The van der Waals surface area contributed by atoms with Gasteiger partial charge in [0.15, 0.2) is 11.8 Å². The Morgan fingerprint density at radius 2 is 1.93 bits per heavy atom. The maximum atomic E-state index is 11.1. The van der Waals surface area contributed by atoms with E-state index in [1.54, 1.807) is 15.7 Å². The monoisotopic (exact) mass is 411 g/mol. The molecule has 8 heteroatoms. The van der Waals surface area contributed by atoms with Crippen molar-refractivity contribution in [3.05, 3.63) is 59.2 Å². The molecule has 1 aliphatic heterocycles. The minimum atomic E-state index is 0.0789. The van der Waals surface area contributed by atoms with Crippen molar-refractivity contribution in [1.29, 1.82) is 0 Å². The fraction of sp³-hybridized carbons (Fsp3) is 0.333. The van der Waals surface area contributed by atoms with Gasteiger partial charge in [0, 0.05) is 5.56 Å². The first-order chi connectivity index (χ1) is 14.2. The van der Waals surface area contributed by atoms with Crippen LogP contribution in [0.1, 0.15) is 23.4 Å². The number of quaternary nitrogens is 2. The van der Waals surface area contributed by atoms with Crippen LogP contribution in [0.2, 0.25) is 0 Å². The SMILES string of the molecule is CC[NH+]1CC[NH+]([C@@H](c2ccccc2)c2sc3nc(-c4ccco4)nn3c2O)CC1. The Bertz CT molecular complexity index is 1080. The first-order valence-electron chi connectivity index (χ1n) is 10.1. The molecule has 3 aromatic heterocycles. The number of thiazole rings is 1. The molecule has 1 aromatic carbocycles. The maximum absolute atomic E-state index is 11.1. The number of nitrogens with one attached hydrogen (secondary N) is 2. The van der Waals surface area contributed by atoms with Crippen LogP contribution in [0.3, 0.4) is 0 Å². The topological polar surface area (TPSA) is 72.4 Å². The summed E-state index contributed by atoms with van der Waals surface area (Å²) in [5.41, 5.74) is 1.22. The largest absolute Gasteiger partial charge is 0.492 e. The molecule has 0 unspecified atom stereocenters. The summed E-state index contributed by atoms with van der Waals surface area (Å²) >= 11 is 1.52. The van der Waals surface area contributed by atoms with Gasteiger partial charge < -0.3 is 19.3 Å². The summed E-state index contributed by atoms with van der Waals surface area (Å²) in [6.07, 6.45) is 1.60. The molecule has 3 N–H and O–H groups in total. The molecule has 0 saturated carbocycles. The molecule has 0 spiro atoms. The Kier molecular flexibility index (Phi) is 4.83. The molecule has 7 nitrogen and oxygen atoms in total. The zero-order valence-electron chi connectivity index (χ0n) is 16.3. The number of hydrogen-bond donors (Lipinski definition) is 3. The highest BCUT2D eigenvalue weighted by atomic mass is 32.1. The number of nitrogens with zero attached hydrogens (tertiary/aromatic N) is 3. The van der Waals surface area contributed by atoms with Crippen molar-refractivity contribution in [1.82, 2.24) is 14.6 Å². The molecule has 0 aliphatic carbocycles. The highest BCUT2D eigenvalue weighted by Gasteiger charge is 2.35. The van der Waals surface area contributed by atoms with Crippen molar-refractivity contribution in [2.24, 2.45) is 0 Å². The number of rotatable bonds is 5. The molecule has 5 rings (SSSR count). The molecule has 4 aromatic rings. The second kappa shape index (κ2) is 7.62. The first kappa shape index (κ1) is 18.4. The van der Waals surface area contributed by atoms with Crippen LogP contribution >= 0.6 is 11.3 Å². The van der Waals surface area contributed by atoms with Crippen LogP contribution in [0.25, 0.3) is 16.5 Å². The summed E-state index contributed by atoms with van der Waals surface area (Å²) in [6, 6.07) is 14.2. The molecule has 1 saturated heterocycles. The van der Waals surface area contributed by atoms with Gasteiger partial charge in [-0.25, -0.2) is 0 Å². The van der Waals surface area contributed by atoms with E-state index < -0.39 is 0 Å². The van der Waals surface area contributed by atoms with Crippen molar-refractivity contribution in [3.8, 4) is 17.5 Å². The fourth-order valence-electron chi connectivity index (χ4n) is 4.23. The van der Waals surface area contributed by atoms with Crippen LogP contribution in [-0.2, 0) is 0 Å². The zero-order chi connectivity index (χ0) is 19.8. The van der Waals surface area contributed by atoms with Gasteiger partial charge in [-0.1, -0.05) is 41.7 Å². The number of aromatic nitrogens is 3. The van der Waals surface area contributed by atoms with Crippen LogP contribution in [-0.4, -0.2) is 52.4 Å². The van der Waals surface area contributed by atoms with E-state index >= 15 is 0 Å². The van der Waals surface area contributed by atoms with Gasteiger partial charge in [0.1, 0.15) is 31.1 Å². The van der Waals surface area contributed by atoms with Gasteiger partial charge in [0.25, 0.3) is 0 Å². The summed E-state index contributed by atoms with van der Waals surface area (Å²) in [5, 5.41) is 15.6. The number of fused-ring (bicyclic) bond motifs is 1. The first-order valence-corrected chi connectivity index (χ1v) is 10.9. The zero-order valence-corrected chi connectivity index (χ0v) is 17.2. The lowest BCUT2D eigenvalue weighted by molar-refractivity contribution is -1.02. The minimum Gasteiger partial charge on any atom is -0.492 e. The summed E-state index contributed by atoms with van der Waals surface area (Å²) in [5.74, 6) is 1.28. The Hall–Kier alpha value is -2.68. The summed E-state index contributed by atoms with van der Waals surface area (Å²) in [7, 11) is 0. The lowest BCUT2D eigenvalue weighted by Gasteiger charge is -2.34. The van der Waals surface area contributed by atoms with E-state index in [0.29, 0.717) is 16.5 Å². The van der Waals surface area contributed by atoms with E-state index in [2.05, 4.69) is 41.3 Å². The van der Waals surface area contributed by atoms with E-state index in [1.165, 1.54) is 28.3 Å². The Morgan fingerprint density at radius 1 is 1.14 bits per heavy atom. The molecule has 0 radical (unpaired) electrons. The third kappa shape index (κ3) is 3.33. The third-order valence-corrected chi connectivity index (χ3v) is 6.93. The molecular weight excluding hydrogens is 386 g/mol. The lowest BCUT2D eigenvalue weighted by atomic mass is 10.0. The van der Waals surface area contributed by atoms with Gasteiger partial charge in [-0.2, -0.15) is 9.50 Å². The molecule has 29 heavy (non-hydrogen) atoms. The van der Waals surface area contributed by atoms with Crippen molar-refractivity contribution in [3.63, 3.8) is 0 Å². The van der Waals surface area contributed by atoms with Crippen LogP contribution < -0.4 is 9.80 Å². The van der Waals surface area contributed by atoms with Crippen molar-refractivity contribution >= 4 is 16.3 Å². The van der Waals surface area contributed by atoms with E-state index in [1.807, 2.05) is 18.2 Å². The van der Waals surface area contributed by atoms with E-state index in [4.69, 9.17) is 4.42 Å². The predicted octanol–water partition coefficient (Wildman–Crippen LogP) is 0.649. The van der Waals surface area contributed by atoms with Crippen molar-refractivity contribution in [2.75, 3.05) is 32.7 Å². The van der Waals surface area contributed by atoms with E-state index in [9.17, 15) is 5.11 Å². The molecule has 0 amide bonds. The lowest BCUT2D eigenvalue weighted by Crippen LogP contribution is -3.28. The van der Waals surface area contributed by atoms with Crippen molar-refractivity contribution < 1.29 is 19.3 Å². The fourth-order valence-corrected chi connectivity index (χ4v) is 5.37. The number of furan rings is 1. The van der Waals surface area contributed by atoms with Crippen LogP contribution in [0, 0.1) is 0 Å². The number of benzene rings is 1. The van der Waals surface area contributed by atoms with E-state index in [-0.39, 0.29) is 11.9 Å². The summed E-state index contributed by atoms with van der Waals surface area (Å²) in [4.78, 5) is 9.33. The molecule has 0 bridgehead atoms. The second-order valence-electron chi connectivity index (χ2n) is 7.50. The second-order valence-corrected chi connectivity index (χ2v) is 8.51. The summed E-state index contributed by atoms with van der Waals surface area (Å²) in [6.45, 7) is 7.87. The average molecular weight is 412 g/mol. The highest BCUT2D eigenvalue weighted by Crippen LogP contribution is 2.35. The molecule has 4 heterocycles. The van der Waals surface area contributed by atoms with Gasteiger partial charge in [0.05, 0.1) is 12.8 Å². The standard InChI is InChI=1S/C21H23N5O2S/c1-2-24-10-12-25(13-11-24)17(15-7-4-3-5-8-15)18-20(27)26-21(29-18)22-19(23-26)16-9-6-14-28-16/h3-9,14,17,27H,2,10-13H2,1H3/p+2/t17-/m0/s1. The molecule has 1 fully saturated rings.